The van der Waals surface area contributed by atoms with E-state index in [1.165, 1.54) is 12.1 Å². The Hall–Kier alpha value is -2.07. The first kappa shape index (κ1) is 16.3. The number of nitrogens with zero attached hydrogens (tertiary/aromatic N) is 1. The van der Waals surface area contributed by atoms with E-state index in [1.54, 1.807) is 36.2 Å². The van der Waals surface area contributed by atoms with Crippen molar-refractivity contribution in [3.05, 3.63) is 70.5 Å². The Kier molecular flexibility index (Phi) is 5.78. The van der Waals surface area contributed by atoms with E-state index in [0.29, 0.717) is 24.5 Å². The summed E-state index contributed by atoms with van der Waals surface area (Å²) in [7, 11) is 1.74. The number of carbonyl (C=O) groups is 1. The zero-order chi connectivity index (χ0) is 15.9. The molecular weight excluding hydrogens is 303 g/mol. The first-order chi connectivity index (χ1) is 10.5. The standard InChI is InChI=1S/C17H18ClFN2O/c1-21(12-14-2-6-15(18)7-3-14)17(22)20-11-10-13-4-8-16(19)9-5-13/h2-9H,10-12H2,1H3,(H,20,22). The largest absolute Gasteiger partial charge is 0.338 e. The summed E-state index contributed by atoms with van der Waals surface area (Å²) in [6.07, 6.45) is 0.667. The Morgan fingerprint density at radius 2 is 1.68 bits per heavy atom. The minimum atomic E-state index is -0.254. The number of nitrogens with one attached hydrogen (secondary N) is 1. The molecule has 0 saturated heterocycles. The molecule has 0 aromatic heterocycles. The second-order valence-corrected chi connectivity index (χ2v) is 5.53. The van der Waals surface area contributed by atoms with Crippen LogP contribution in [0.1, 0.15) is 11.1 Å². The molecule has 2 amide bonds. The van der Waals surface area contributed by atoms with E-state index in [2.05, 4.69) is 5.32 Å². The van der Waals surface area contributed by atoms with Gasteiger partial charge in [-0.2, -0.15) is 0 Å². The Morgan fingerprint density at radius 1 is 1.09 bits per heavy atom. The molecule has 0 fully saturated rings. The van der Waals surface area contributed by atoms with Gasteiger partial charge in [-0.15, -0.1) is 0 Å². The third kappa shape index (κ3) is 5.04. The number of urea groups is 1. The maximum absolute atomic E-state index is 12.8. The lowest BCUT2D eigenvalue weighted by molar-refractivity contribution is 0.207. The van der Waals surface area contributed by atoms with Crippen LogP contribution < -0.4 is 5.32 Å². The van der Waals surface area contributed by atoms with Crippen LogP contribution in [0.25, 0.3) is 0 Å². The zero-order valence-electron chi connectivity index (χ0n) is 12.4. The maximum atomic E-state index is 12.8. The van der Waals surface area contributed by atoms with E-state index in [-0.39, 0.29) is 11.8 Å². The normalized spacial score (nSPS) is 10.3. The summed E-state index contributed by atoms with van der Waals surface area (Å²) in [5.74, 6) is -0.254. The minimum Gasteiger partial charge on any atom is -0.338 e. The van der Waals surface area contributed by atoms with E-state index in [0.717, 1.165) is 11.1 Å². The van der Waals surface area contributed by atoms with Crippen molar-refractivity contribution in [2.24, 2.45) is 0 Å². The molecular formula is C17H18ClFN2O. The highest BCUT2D eigenvalue weighted by Crippen LogP contribution is 2.11. The number of halogens is 2. The van der Waals surface area contributed by atoms with Crippen molar-refractivity contribution < 1.29 is 9.18 Å². The molecule has 0 bridgehead atoms. The predicted octanol–water partition coefficient (Wildman–Crippen LogP) is 3.86. The maximum Gasteiger partial charge on any atom is 0.317 e. The van der Waals surface area contributed by atoms with Gasteiger partial charge in [-0.3, -0.25) is 0 Å². The SMILES string of the molecule is CN(Cc1ccc(Cl)cc1)C(=O)NCCc1ccc(F)cc1. The van der Waals surface area contributed by atoms with Crippen LogP contribution in [0, 0.1) is 5.82 Å². The van der Waals surface area contributed by atoms with Crippen LogP contribution in [0.4, 0.5) is 9.18 Å². The van der Waals surface area contributed by atoms with E-state index in [9.17, 15) is 9.18 Å². The van der Waals surface area contributed by atoms with Crippen LogP contribution in [0.15, 0.2) is 48.5 Å². The van der Waals surface area contributed by atoms with Crippen molar-refractivity contribution in [2.45, 2.75) is 13.0 Å². The molecule has 0 aliphatic carbocycles. The van der Waals surface area contributed by atoms with Gasteiger partial charge in [-0.1, -0.05) is 35.9 Å². The summed E-state index contributed by atoms with van der Waals surface area (Å²) in [5, 5.41) is 3.52. The van der Waals surface area contributed by atoms with Gasteiger partial charge in [0.05, 0.1) is 0 Å². The average molecular weight is 321 g/mol. The first-order valence-corrected chi connectivity index (χ1v) is 7.40. The number of hydrogen-bond donors (Lipinski definition) is 1. The molecule has 2 rings (SSSR count). The average Bonchev–Trinajstić information content (AvgIpc) is 2.51. The van der Waals surface area contributed by atoms with Crippen LogP contribution in [0.2, 0.25) is 5.02 Å². The first-order valence-electron chi connectivity index (χ1n) is 7.02. The molecule has 3 nitrogen and oxygen atoms in total. The number of rotatable bonds is 5. The van der Waals surface area contributed by atoms with Gasteiger partial charge < -0.3 is 10.2 Å². The quantitative estimate of drug-likeness (QED) is 0.891. The van der Waals surface area contributed by atoms with Gasteiger partial charge in [-0.25, -0.2) is 9.18 Å². The third-order valence-corrected chi connectivity index (χ3v) is 3.53. The lowest BCUT2D eigenvalue weighted by atomic mass is 10.1. The van der Waals surface area contributed by atoms with Crippen molar-refractivity contribution in [1.82, 2.24) is 10.2 Å². The van der Waals surface area contributed by atoms with Gasteiger partial charge in [0.1, 0.15) is 5.82 Å². The molecule has 2 aromatic rings. The predicted molar refractivity (Wildman–Crippen MR) is 86.4 cm³/mol. The van der Waals surface area contributed by atoms with E-state index < -0.39 is 0 Å². The van der Waals surface area contributed by atoms with Gasteiger partial charge in [0, 0.05) is 25.2 Å². The lowest BCUT2D eigenvalue weighted by Gasteiger charge is -2.18. The fourth-order valence-corrected chi connectivity index (χ4v) is 2.16. The number of benzene rings is 2. The van der Waals surface area contributed by atoms with Crippen molar-refractivity contribution >= 4 is 17.6 Å². The Balaban J connectivity index is 1.76. The third-order valence-electron chi connectivity index (χ3n) is 3.28. The number of hydrogen-bond acceptors (Lipinski definition) is 1. The molecule has 0 aliphatic heterocycles. The molecule has 0 saturated carbocycles. The second kappa shape index (κ2) is 7.80. The molecule has 0 unspecified atom stereocenters. The summed E-state index contributed by atoms with van der Waals surface area (Å²) >= 11 is 5.83. The molecule has 0 aliphatic rings. The fraction of sp³-hybridized carbons (Fsp3) is 0.235. The highest BCUT2D eigenvalue weighted by molar-refractivity contribution is 6.30. The fourth-order valence-electron chi connectivity index (χ4n) is 2.04. The molecule has 2 aromatic carbocycles. The van der Waals surface area contributed by atoms with Gasteiger partial charge in [-0.05, 0) is 41.8 Å². The smallest absolute Gasteiger partial charge is 0.317 e. The van der Waals surface area contributed by atoms with Crippen LogP contribution in [-0.4, -0.2) is 24.5 Å². The molecule has 5 heteroatoms. The monoisotopic (exact) mass is 320 g/mol. The Bertz CT molecular complexity index is 614. The van der Waals surface area contributed by atoms with Crippen molar-refractivity contribution in [2.75, 3.05) is 13.6 Å². The van der Waals surface area contributed by atoms with E-state index in [1.807, 2.05) is 12.1 Å². The van der Waals surface area contributed by atoms with Gasteiger partial charge in [0.2, 0.25) is 0 Å². The highest BCUT2D eigenvalue weighted by atomic mass is 35.5. The van der Waals surface area contributed by atoms with Gasteiger partial charge in [0.15, 0.2) is 0 Å². The summed E-state index contributed by atoms with van der Waals surface area (Å²) < 4.78 is 12.8. The Labute approximate surface area is 134 Å². The van der Waals surface area contributed by atoms with Crippen molar-refractivity contribution in [1.29, 1.82) is 0 Å². The van der Waals surface area contributed by atoms with Gasteiger partial charge in [0.25, 0.3) is 0 Å². The molecule has 22 heavy (non-hydrogen) atoms. The summed E-state index contributed by atoms with van der Waals surface area (Å²) in [5.41, 5.74) is 2.00. The highest BCUT2D eigenvalue weighted by Gasteiger charge is 2.08. The zero-order valence-corrected chi connectivity index (χ0v) is 13.1. The molecule has 116 valence electrons. The van der Waals surface area contributed by atoms with E-state index >= 15 is 0 Å². The molecule has 0 heterocycles. The Morgan fingerprint density at radius 3 is 2.32 bits per heavy atom. The lowest BCUT2D eigenvalue weighted by Crippen LogP contribution is -2.37. The van der Waals surface area contributed by atoms with Crippen LogP contribution in [0.5, 0.6) is 0 Å². The summed E-state index contributed by atoms with van der Waals surface area (Å²) in [4.78, 5) is 13.6. The minimum absolute atomic E-state index is 0.142. The van der Waals surface area contributed by atoms with Crippen molar-refractivity contribution in [3.63, 3.8) is 0 Å². The molecule has 1 N–H and O–H groups in total. The molecule has 0 atom stereocenters. The second-order valence-electron chi connectivity index (χ2n) is 5.09. The van der Waals surface area contributed by atoms with Crippen LogP contribution >= 0.6 is 11.6 Å². The number of carbonyl (C=O) groups excluding carboxylic acids is 1. The molecule has 0 spiro atoms. The van der Waals surface area contributed by atoms with Crippen LogP contribution in [-0.2, 0) is 13.0 Å². The van der Waals surface area contributed by atoms with E-state index in [4.69, 9.17) is 11.6 Å². The molecule has 0 radical (unpaired) electrons. The number of amides is 2. The van der Waals surface area contributed by atoms with Crippen LogP contribution in [0.3, 0.4) is 0 Å². The van der Waals surface area contributed by atoms with Crippen molar-refractivity contribution in [3.8, 4) is 0 Å². The van der Waals surface area contributed by atoms with Gasteiger partial charge >= 0.3 is 6.03 Å². The summed E-state index contributed by atoms with van der Waals surface area (Å²) in [6.45, 7) is 1.02. The summed E-state index contributed by atoms with van der Waals surface area (Å²) in [6, 6.07) is 13.5. The topological polar surface area (TPSA) is 32.3 Å².